The Balaban J connectivity index is 2.26. The van der Waals surface area contributed by atoms with Gasteiger partial charge in [0, 0.05) is 33.9 Å². The highest BCUT2D eigenvalue weighted by atomic mass is 35.5. The van der Waals surface area contributed by atoms with E-state index in [2.05, 4.69) is 5.32 Å². The molecule has 0 aromatic heterocycles. The van der Waals surface area contributed by atoms with Crippen molar-refractivity contribution in [3.05, 3.63) is 69.7 Å². The highest BCUT2D eigenvalue weighted by molar-refractivity contribution is 6.33. The number of fused-ring (bicyclic) bond motifs is 1. The molecule has 1 aliphatic rings. The molecule has 2 amide bonds. The number of carbonyl (C=O) groups is 2. The summed E-state index contributed by atoms with van der Waals surface area (Å²) in [7, 11) is 1.34. The third-order valence-electron chi connectivity index (χ3n) is 4.01. The summed E-state index contributed by atoms with van der Waals surface area (Å²) in [5, 5.41) is 13.0. The third kappa shape index (κ3) is 3.34. The van der Waals surface area contributed by atoms with E-state index in [0.717, 1.165) is 4.90 Å². The van der Waals surface area contributed by atoms with E-state index in [1.807, 2.05) is 12.1 Å². The Bertz CT molecular complexity index is 896. The van der Waals surface area contributed by atoms with Gasteiger partial charge in [-0.3, -0.25) is 9.69 Å². The van der Waals surface area contributed by atoms with Crippen LogP contribution in [0.1, 0.15) is 11.1 Å². The maximum atomic E-state index is 12.5. The Morgan fingerprint density at radius 1 is 1.16 bits per heavy atom. The second-order valence-corrected chi connectivity index (χ2v) is 6.42. The molecule has 2 aromatic rings. The Kier molecular flexibility index (Phi) is 4.70. The zero-order valence-corrected chi connectivity index (χ0v) is 14.7. The van der Waals surface area contributed by atoms with Gasteiger partial charge in [-0.25, -0.2) is 4.79 Å². The van der Waals surface area contributed by atoms with Gasteiger partial charge >= 0.3 is 6.09 Å². The van der Waals surface area contributed by atoms with E-state index in [1.54, 1.807) is 36.4 Å². The van der Waals surface area contributed by atoms with Crippen LogP contribution in [0.2, 0.25) is 10.0 Å². The number of rotatable bonds is 2. The Labute approximate surface area is 154 Å². The minimum Gasteiger partial charge on any atom is -0.465 e. The van der Waals surface area contributed by atoms with Crippen molar-refractivity contribution in [1.82, 2.24) is 4.90 Å². The lowest BCUT2D eigenvalue weighted by Crippen LogP contribution is -2.42. The molecule has 0 aliphatic carbocycles. The van der Waals surface area contributed by atoms with Gasteiger partial charge in [-0.15, -0.1) is 0 Å². The molecule has 1 atom stereocenters. The van der Waals surface area contributed by atoms with E-state index in [9.17, 15) is 14.7 Å². The summed E-state index contributed by atoms with van der Waals surface area (Å²) in [4.78, 5) is 24.9. The molecule has 2 N–H and O–H groups in total. The predicted octanol–water partition coefficient (Wildman–Crippen LogP) is 4.36. The molecule has 128 valence electrons. The number of nitrogens with one attached hydrogen (secondary N) is 1. The molecule has 25 heavy (non-hydrogen) atoms. The summed E-state index contributed by atoms with van der Waals surface area (Å²) < 4.78 is 0. The van der Waals surface area contributed by atoms with Crippen LogP contribution >= 0.6 is 23.2 Å². The number of carboxylic acid groups (broad SMARTS) is 1. The lowest BCUT2D eigenvalue weighted by Gasteiger charge is -2.21. The largest absolute Gasteiger partial charge is 0.465 e. The molecular formula is C18H14Cl2N2O3. The smallest absolute Gasteiger partial charge is 0.407 e. The van der Waals surface area contributed by atoms with E-state index >= 15 is 0 Å². The number of hydrogen-bond donors (Lipinski definition) is 2. The van der Waals surface area contributed by atoms with Crippen molar-refractivity contribution in [2.24, 2.45) is 0 Å². The fourth-order valence-electron chi connectivity index (χ4n) is 2.70. The van der Waals surface area contributed by atoms with Crippen molar-refractivity contribution in [3.63, 3.8) is 0 Å². The average Bonchev–Trinajstić information content (AvgIpc) is 2.71. The Hall–Kier alpha value is -2.50. The summed E-state index contributed by atoms with van der Waals surface area (Å²) in [5.41, 5.74) is 2.55. The minimum absolute atomic E-state index is 0.449. The summed E-state index contributed by atoms with van der Waals surface area (Å²) in [6.07, 6.45) is 0.381. The number of hydrogen-bond acceptors (Lipinski definition) is 2. The van der Waals surface area contributed by atoms with Gasteiger partial charge in [0.1, 0.15) is 6.04 Å². The van der Waals surface area contributed by atoms with Crippen LogP contribution in [-0.2, 0) is 4.79 Å². The minimum atomic E-state index is -1.21. The lowest BCUT2D eigenvalue weighted by molar-refractivity contribution is -0.118. The first-order valence-corrected chi connectivity index (χ1v) is 8.17. The van der Waals surface area contributed by atoms with Gasteiger partial charge in [-0.05, 0) is 35.9 Å². The van der Waals surface area contributed by atoms with Crippen LogP contribution < -0.4 is 5.32 Å². The third-order valence-corrected chi connectivity index (χ3v) is 4.57. The molecule has 1 unspecified atom stereocenters. The van der Waals surface area contributed by atoms with Gasteiger partial charge in [-0.2, -0.15) is 0 Å². The standard InChI is InChI=1S/C18H14Cl2N2O3/c1-22(18(24)25)16-9-12(11-4-2-3-5-14(11)20)13-8-10(19)6-7-15(13)21-17(16)23/h2-9,16H,1H3,(H,21,23)(H,24,25). The fourth-order valence-corrected chi connectivity index (χ4v) is 3.11. The number of benzene rings is 2. The number of nitrogens with zero attached hydrogens (tertiary/aromatic N) is 1. The zero-order chi connectivity index (χ0) is 18.1. The Morgan fingerprint density at radius 2 is 1.88 bits per heavy atom. The number of halogens is 2. The van der Waals surface area contributed by atoms with Crippen LogP contribution in [0, 0.1) is 0 Å². The van der Waals surface area contributed by atoms with Crippen LogP contribution in [-0.4, -0.2) is 35.1 Å². The molecule has 0 saturated heterocycles. The van der Waals surface area contributed by atoms with Crippen molar-refractivity contribution in [3.8, 4) is 0 Å². The van der Waals surface area contributed by atoms with Gasteiger partial charge in [0.25, 0.3) is 5.91 Å². The number of amides is 2. The predicted molar refractivity (Wildman–Crippen MR) is 98.2 cm³/mol. The van der Waals surface area contributed by atoms with E-state index in [0.29, 0.717) is 32.4 Å². The van der Waals surface area contributed by atoms with Crippen LogP contribution in [0.3, 0.4) is 0 Å². The molecule has 1 heterocycles. The first-order valence-electron chi connectivity index (χ1n) is 7.41. The van der Waals surface area contributed by atoms with E-state index in [1.165, 1.54) is 7.05 Å². The van der Waals surface area contributed by atoms with Crippen LogP contribution in [0.25, 0.3) is 5.57 Å². The SMILES string of the molecule is CN(C(=O)O)C1C=C(c2ccccc2Cl)c2cc(Cl)ccc2NC1=O. The highest BCUT2D eigenvalue weighted by Crippen LogP contribution is 2.37. The number of anilines is 1. The molecule has 0 saturated carbocycles. The maximum Gasteiger partial charge on any atom is 0.407 e. The molecule has 0 fully saturated rings. The molecule has 2 aromatic carbocycles. The molecule has 3 rings (SSSR count). The molecule has 7 heteroatoms. The van der Waals surface area contributed by atoms with Crippen molar-refractivity contribution in [1.29, 1.82) is 0 Å². The summed E-state index contributed by atoms with van der Waals surface area (Å²) in [6, 6.07) is 11.2. The van der Waals surface area contributed by atoms with E-state index in [4.69, 9.17) is 23.2 Å². The van der Waals surface area contributed by atoms with Gasteiger partial charge < -0.3 is 10.4 Å². The topological polar surface area (TPSA) is 69.6 Å². The van der Waals surface area contributed by atoms with E-state index in [-0.39, 0.29) is 0 Å². The normalized spacial score (nSPS) is 16.4. The summed E-state index contributed by atoms with van der Waals surface area (Å²) in [6.45, 7) is 0. The van der Waals surface area contributed by atoms with Crippen LogP contribution in [0.15, 0.2) is 48.5 Å². The molecular weight excluding hydrogens is 363 g/mol. The molecule has 1 aliphatic heterocycles. The highest BCUT2D eigenvalue weighted by Gasteiger charge is 2.30. The lowest BCUT2D eigenvalue weighted by atomic mass is 9.95. The first-order chi connectivity index (χ1) is 11.9. The summed E-state index contributed by atoms with van der Waals surface area (Å²) >= 11 is 12.5. The zero-order valence-electron chi connectivity index (χ0n) is 13.2. The van der Waals surface area contributed by atoms with Gasteiger partial charge in [-0.1, -0.05) is 41.4 Å². The van der Waals surface area contributed by atoms with E-state index < -0.39 is 18.0 Å². The van der Waals surface area contributed by atoms with Crippen molar-refractivity contribution < 1.29 is 14.7 Å². The van der Waals surface area contributed by atoms with Crippen LogP contribution in [0.4, 0.5) is 10.5 Å². The van der Waals surface area contributed by atoms with Crippen molar-refractivity contribution in [2.75, 3.05) is 12.4 Å². The van der Waals surface area contributed by atoms with Crippen LogP contribution in [0.5, 0.6) is 0 Å². The number of carbonyl (C=O) groups excluding carboxylic acids is 1. The number of likely N-dealkylation sites (N-methyl/N-ethyl adjacent to an activating group) is 1. The molecule has 0 radical (unpaired) electrons. The second kappa shape index (κ2) is 6.78. The van der Waals surface area contributed by atoms with Crippen molar-refractivity contribution >= 4 is 46.5 Å². The second-order valence-electron chi connectivity index (χ2n) is 5.58. The molecule has 0 spiro atoms. The Morgan fingerprint density at radius 3 is 2.56 bits per heavy atom. The first kappa shape index (κ1) is 17.3. The quantitative estimate of drug-likeness (QED) is 0.817. The average molecular weight is 377 g/mol. The van der Waals surface area contributed by atoms with Crippen molar-refractivity contribution in [2.45, 2.75) is 6.04 Å². The maximum absolute atomic E-state index is 12.5. The molecule has 5 nitrogen and oxygen atoms in total. The van der Waals surface area contributed by atoms with Gasteiger partial charge in [0.05, 0.1) is 0 Å². The monoisotopic (exact) mass is 376 g/mol. The van der Waals surface area contributed by atoms with Gasteiger partial charge in [0.15, 0.2) is 0 Å². The molecule has 0 bridgehead atoms. The summed E-state index contributed by atoms with van der Waals surface area (Å²) in [5.74, 6) is -0.449. The fraction of sp³-hybridized carbons (Fsp3) is 0.111. The van der Waals surface area contributed by atoms with Gasteiger partial charge in [0.2, 0.25) is 0 Å².